The highest BCUT2D eigenvalue weighted by Crippen LogP contribution is 2.31. The Morgan fingerprint density at radius 2 is 2.36 bits per heavy atom. The van der Waals surface area contributed by atoms with Crippen molar-refractivity contribution in [3.8, 4) is 5.75 Å². The van der Waals surface area contributed by atoms with Crippen molar-refractivity contribution in [1.29, 1.82) is 0 Å². The first kappa shape index (κ1) is 15.3. The summed E-state index contributed by atoms with van der Waals surface area (Å²) in [5.74, 6) is 0.923. The normalized spacial score (nSPS) is 17.5. The van der Waals surface area contributed by atoms with Gasteiger partial charge in [-0.1, -0.05) is 0 Å². The standard InChI is InChI=1S/C14H14N2O4S2/c1-19-8-2-3-9-11(6-8)22-13(15-9)12-16-10(7-21-12)14(18)20-5-4-17/h2-3,6,10,17H,4-5,7H2,1H3/t10-/m1/s1. The van der Waals surface area contributed by atoms with E-state index >= 15 is 0 Å². The Hall–Kier alpha value is -1.64. The molecule has 1 aromatic carbocycles. The molecule has 2 heterocycles. The van der Waals surface area contributed by atoms with Crippen molar-refractivity contribution in [3.05, 3.63) is 23.2 Å². The molecule has 0 saturated heterocycles. The summed E-state index contributed by atoms with van der Waals surface area (Å²) in [5, 5.41) is 10.2. The molecule has 0 saturated carbocycles. The molecule has 1 atom stereocenters. The Labute approximate surface area is 135 Å². The van der Waals surface area contributed by atoms with E-state index in [0.29, 0.717) is 5.75 Å². The fourth-order valence-electron chi connectivity index (χ4n) is 1.98. The van der Waals surface area contributed by atoms with Crippen LogP contribution >= 0.6 is 23.1 Å². The van der Waals surface area contributed by atoms with E-state index in [-0.39, 0.29) is 13.2 Å². The SMILES string of the molecule is COc1ccc2nc(C3=N[C@@H](C(=O)OCCO)CS3)sc2c1. The van der Waals surface area contributed by atoms with Crippen LogP contribution in [0.25, 0.3) is 10.2 Å². The number of carbonyl (C=O) groups excluding carboxylic acids is 1. The molecule has 0 bridgehead atoms. The van der Waals surface area contributed by atoms with Crippen molar-refractivity contribution in [3.63, 3.8) is 0 Å². The second-order valence-corrected chi connectivity index (χ2v) is 6.54. The number of ether oxygens (including phenoxy) is 2. The first-order valence-corrected chi connectivity index (χ1v) is 8.44. The van der Waals surface area contributed by atoms with Gasteiger partial charge in [0.1, 0.15) is 22.4 Å². The maximum atomic E-state index is 11.7. The molecule has 1 N–H and O–H groups in total. The lowest BCUT2D eigenvalue weighted by Crippen LogP contribution is -2.22. The predicted octanol–water partition coefficient (Wildman–Crippen LogP) is 1.70. The molecule has 6 nitrogen and oxygen atoms in total. The fraction of sp³-hybridized carbons (Fsp3) is 0.357. The number of aromatic nitrogens is 1. The molecular weight excluding hydrogens is 324 g/mol. The van der Waals surface area contributed by atoms with Gasteiger partial charge in [0, 0.05) is 5.75 Å². The van der Waals surface area contributed by atoms with Crippen LogP contribution in [0.5, 0.6) is 5.75 Å². The molecular formula is C14H14N2O4S2. The highest BCUT2D eigenvalue weighted by atomic mass is 32.2. The zero-order valence-corrected chi connectivity index (χ0v) is 13.4. The average Bonchev–Trinajstić information content (AvgIpc) is 3.17. The van der Waals surface area contributed by atoms with Crippen LogP contribution in [0.3, 0.4) is 0 Å². The molecule has 2 aromatic rings. The van der Waals surface area contributed by atoms with Crippen LogP contribution in [0.2, 0.25) is 0 Å². The van der Waals surface area contributed by atoms with Gasteiger partial charge < -0.3 is 14.6 Å². The third-order valence-electron chi connectivity index (χ3n) is 3.04. The van der Waals surface area contributed by atoms with Crippen LogP contribution in [-0.2, 0) is 9.53 Å². The number of aliphatic imine (C=N–C) groups is 1. The molecule has 22 heavy (non-hydrogen) atoms. The maximum Gasteiger partial charge on any atom is 0.331 e. The summed E-state index contributed by atoms with van der Waals surface area (Å²) < 4.78 is 11.1. The van der Waals surface area contributed by atoms with Crippen LogP contribution in [0.15, 0.2) is 23.2 Å². The number of rotatable bonds is 5. The molecule has 1 aromatic heterocycles. The quantitative estimate of drug-likeness (QED) is 0.836. The van der Waals surface area contributed by atoms with Gasteiger partial charge >= 0.3 is 5.97 Å². The first-order valence-electron chi connectivity index (χ1n) is 6.64. The van der Waals surface area contributed by atoms with Crippen LogP contribution in [-0.4, -0.2) is 53.2 Å². The lowest BCUT2D eigenvalue weighted by molar-refractivity contribution is -0.145. The summed E-state index contributed by atoms with van der Waals surface area (Å²) in [5.41, 5.74) is 0.885. The third kappa shape index (κ3) is 3.08. The van der Waals surface area contributed by atoms with Gasteiger partial charge in [-0.3, -0.25) is 4.99 Å². The molecule has 116 valence electrons. The highest BCUT2D eigenvalue weighted by Gasteiger charge is 2.28. The Morgan fingerprint density at radius 1 is 1.50 bits per heavy atom. The summed E-state index contributed by atoms with van der Waals surface area (Å²) in [6.45, 7) is -0.173. The van der Waals surface area contributed by atoms with E-state index in [2.05, 4.69) is 9.98 Å². The van der Waals surface area contributed by atoms with E-state index in [9.17, 15) is 4.79 Å². The summed E-state index contributed by atoms with van der Waals surface area (Å²) >= 11 is 3.01. The lowest BCUT2D eigenvalue weighted by Gasteiger charge is -2.04. The number of benzene rings is 1. The molecule has 1 aliphatic heterocycles. The van der Waals surface area contributed by atoms with Gasteiger partial charge in [-0.05, 0) is 18.2 Å². The van der Waals surface area contributed by atoms with Crippen LogP contribution in [0.4, 0.5) is 0 Å². The van der Waals surface area contributed by atoms with Crippen molar-refractivity contribution >= 4 is 44.3 Å². The van der Waals surface area contributed by atoms with Gasteiger partial charge in [0.15, 0.2) is 6.04 Å². The van der Waals surface area contributed by atoms with E-state index in [1.165, 1.54) is 23.1 Å². The van der Waals surface area contributed by atoms with E-state index in [4.69, 9.17) is 14.6 Å². The molecule has 0 fully saturated rings. The number of hydrogen-bond acceptors (Lipinski definition) is 8. The molecule has 1 aliphatic rings. The number of carbonyl (C=O) groups is 1. The number of fused-ring (bicyclic) bond motifs is 1. The summed E-state index contributed by atoms with van der Waals surface area (Å²) in [7, 11) is 1.63. The van der Waals surface area contributed by atoms with Crippen LogP contribution in [0.1, 0.15) is 5.01 Å². The molecule has 0 spiro atoms. The average molecular weight is 338 g/mol. The number of aliphatic hydroxyl groups is 1. The topological polar surface area (TPSA) is 81.0 Å². The smallest absolute Gasteiger partial charge is 0.331 e. The minimum Gasteiger partial charge on any atom is -0.497 e. The zero-order valence-electron chi connectivity index (χ0n) is 11.8. The van der Waals surface area contributed by atoms with E-state index in [0.717, 1.165) is 26.0 Å². The van der Waals surface area contributed by atoms with E-state index in [1.54, 1.807) is 7.11 Å². The molecule has 0 aliphatic carbocycles. The monoisotopic (exact) mass is 338 g/mol. The molecule has 8 heteroatoms. The number of esters is 1. The van der Waals surface area contributed by atoms with Gasteiger partial charge in [0.25, 0.3) is 0 Å². The van der Waals surface area contributed by atoms with Crippen molar-refractivity contribution in [1.82, 2.24) is 4.98 Å². The maximum absolute atomic E-state index is 11.7. The molecule has 0 radical (unpaired) electrons. The first-order chi connectivity index (χ1) is 10.7. The van der Waals surface area contributed by atoms with E-state index in [1.807, 2.05) is 18.2 Å². The Balaban J connectivity index is 1.80. The van der Waals surface area contributed by atoms with Gasteiger partial charge in [0.05, 0.1) is 23.9 Å². The number of hydrogen-bond donors (Lipinski definition) is 1. The van der Waals surface area contributed by atoms with Crippen molar-refractivity contribution in [2.24, 2.45) is 4.99 Å². The predicted molar refractivity (Wildman–Crippen MR) is 87.0 cm³/mol. The Bertz CT molecular complexity index is 729. The number of methoxy groups -OCH3 is 1. The van der Waals surface area contributed by atoms with Gasteiger partial charge in [-0.2, -0.15) is 0 Å². The highest BCUT2D eigenvalue weighted by molar-refractivity contribution is 8.15. The minimum atomic E-state index is -0.520. The van der Waals surface area contributed by atoms with Gasteiger partial charge in [0.2, 0.25) is 0 Å². The Morgan fingerprint density at radius 3 is 3.14 bits per heavy atom. The third-order valence-corrected chi connectivity index (χ3v) is 5.25. The van der Waals surface area contributed by atoms with Crippen molar-refractivity contribution in [2.75, 3.05) is 26.1 Å². The molecule has 3 rings (SSSR count). The van der Waals surface area contributed by atoms with Gasteiger partial charge in [-0.25, -0.2) is 9.78 Å². The fourth-order valence-corrected chi connectivity index (χ4v) is 4.06. The van der Waals surface area contributed by atoms with E-state index < -0.39 is 12.0 Å². The number of aliphatic hydroxyl groups excluding tert-OH is 1. The molecule has 0 amide bonds. The molecule has 0 unspecified atom stereocenters. The summed E-state index contributed by atoms with van der Waals surface area (Å²) in [4.78, 5) is 20.7. The second kappa shape index (κ2) is 6.64. The largest absolute Gasteiger partial charge is 0.497 e. The van der Waals surface area contributed by atoms with Crippen LogP contribution < -0.4 is 4.74 Å². The zero-order chi connectivity index (χ0) is 15.5. The van der Waals surface area contributed by atoms with Crippen molar-refractivity contribution in [2.45, 2.75) is 6.04 Å². The number of thioether (sulfide) groups is 1. The van der Waals surface area contributed by atoms with Crippen molar-refractivity contribution < 1.29 is 19.4 Å². The Kier molecular flexibility index (Phi) is 4.60. The second-order valence-electron chi connectivity index (χ2n) is 4.50. The minimum absolute atomic E-state index is 0.00574. The summed E-state index contributed by atoms with van der Waals surface area (Å²) in [6.07, 6.45) is 0. The lowest BCUT2D eigenvalue weighted by atomic mass is 10.3. The number of nitrogens with zero attached hydrogens (tertiary/aromatic N) is 2. The summed E-state index contributed by atoms with van der Waals surface area (Å²) in [6, 6.07) is 5.18. The number of thiazole rings is 1. The van der Waals surface area contributed by atoms with Gasteiger partial charge in [-0.15, -0.1) is 23.1 Å². The van der Waals surface area contributed by atoms with Crippen LogP contribution in [0, 0.1) is 0 Å².